The van der Waals surface area contributed by atoms with E-state index in [1.807, 2.05) is 0 Å². The number of hydrogen-bond donors (Lipinski definition) is 0. The van der Waals surface area contributed by atoms with E-state index in [0.29, 0.717) is 10.8 Å². The van der Waals surface area contributed by atoms with Crippen LogP contribution in [0.5, 0.6) is 0 Å². The molecule has 2 rings (SSSR count). The zero-order chi connectivity index (χ0) is 16.5. The van der Waals surface area contributed by atoms with E-state index < -0.39 is 0 Å². The summed E-state index contributed by atoms with van der Waals surface area (Å²) in [6, 6.07) is 0. The first-order valence-electron chi connectivity index (χ1n) is 7.91. The Morgan fingerprint density at radius 1 is 0.750 bits per heavy atom. The van der Waals surface area contributed by atoms with E-state index in [2.05, 4.69) is 91.1 Å². The van der Waals surface area contributed by atoms with Crippen molar-refractivity contribution in [2.75, 3.05) is 0 Å². The Balaban J connectivity index is -0.000000130. The SMILES string of the molecule is CC(C)(C)C1=CC[C-]=C1.CC(C)(C)C1=CC[C-]=C1.C[SiH]C.[Cl-].[Cl-].[Zr+4]. The van der Waals surface area contributed by atoms with Crippen molar-refractivity contribution in [2.45, 2.75) is 67.5 Å². The van der Waals surface area contributed by atoms with Gasteiger partial charge < -0.3 is 24.8 Å². The standard InChI is InChI=1S/2C9H13.C2H7Si.2ClH.Zr/c2*1-9(2,3)8-6-4-5-7-8;1-3-2;;;/h2*6-7H,4H2,1-3H3;3H,1-2H3;2*1H;/q2*-1;;;;+4/p-2. The van der Waals surface area contributed by atoms with Crippen molar-refractivity contribution in [1.82, 2.24) is 0 Å². The van der Waals surface area contributed by atoms with Gasteiger partial charge in [-0.25, -0.2) is 12.2 Å². The van der Waals surface area contributed by atoms with Crippen LogP contribution in [0.15, 0.2) is 35.5 Å². The van der Waals surface area contributed by atoms with E-state index in [1.165, 1.54) is 11.1 Å². The summed E-state index contributed by atoms with van der Waals surface area (Å²) >= 11 is 0. The average molecular weight is 464 g/mol. The van der Waals surface area contributed by atoms with E-state index in [1.54, 1.807) is 0 Å². The molecular weight excluding hydrogens is 430 g/mol. The number of rotatable bonds is 0. The third kappa shape index (κ3) is 14.9. The topological polar surface area (TPSA) is 0 Å². The second kappa shape index (κ2) is 15.9. The molecule has 1 radical (unpaired) electrons. The van der Waals surface area contributed by atoms with Gasteiger partial charge in [-0.2, -0.15) is 23.3 Å². The first kappa shape index (κ1) is 32.3. The van der Waals surface area contributed by atoms with Gasteiger partial charge in [0.2, 0.25) is 0 Å². The quantitative estimate of drug-likeness (QED) is 0.350. The summed E-state index contributed by atoms with van der Waals surface area (Å²) < 4.78 is 0. The monoisotopic (exact) mass is 461 g/mol. The first-order valence-corrected chi connectivity index (χ1v) is 10.2. The molecule has 24 heavy (non-hydrogen) atoms. The number of hydrogen-bond acceptors (Lipinski definition) is 0. The third-order valence-corrected chi connectivity index (χ3v) is 3.13. The molecule has 135 valence electrons. The van der Waals surface area contributed by atoms with Crippen molar-refractivity contribution in [2.24, 2.45) is 10.8 Å². The molecule has 0 N–H and O–H groups in total. The van der Waals surface area contributed by atoms with Gasteiger partial charge in [0, 0.05) is 9.52 Å². The van der Waals surface area contributed by atoms with Crippen LogP contribution in [0, 0.1) is 23.0 Å². The van der Waals surface area contributed by atoms with Gasteiger partial charge in [-0.05, 0) is 0 Å². The smallest absolute Gasteiger partial charge is 1.00 e. The minimum Gasteiger partial charge on any atom is -1.00 e. The average Bonchev–Trinajstić information content (AvgIpc) is 3.03. The zero-order valence-corrected chi connectivity index (χ0v) is 21.7. The summed E-state index contributed by atoms with van der Waals surface area (Å²) in [4.78, 5) is 0. The van der Waals surface area contributed by atoms with Crippen LogP contribution in [0.2, 0.25) is 13.1 Å². The van der Waals surface area contributed by atoms with Crippen LogP contribution < -0.4 is 24.8 Å². The third-order valence-electron chi connectivity index (χ3n) is 3.13. The fraction of sp³-hybridized carbons (Fsp3) is 0.600. The van der Waals surface area contributed by atoms with Gasteiger partial charge in [-0.3, -0.25) is 12.2 Å². The summed E-state index contributed by atoms with van der Waals surface area (Å²) in [5.74, 6) is 0. The molecule has 2 aliphatic carbocycles. The van der Waals surface area contributed by atoms with Gasteiger partial charge in [0.25, 0.3) is 0 Å². The summed E-state index contributed by atoms with van der Waals surface area (Å²) in [6.45, 7) is 17.8. The van der Waals surface area contributed by atoms with Crippen LogP contribution in [-0.2, 0) is 26.2 Å². The molecule has 0 saturated heterocycles. The normalized spacial score (nSPS) is 14.5. The first-order chi connectivity index (χ1) is 9.62. The summed E-state index contributed by atoms with van der Waals surface area (Å²) in [6.07, 6.45) is 17.0. The molecule has 0 nitrogen and oxygen atoms in total. The number of allylic oxidation sites excluding steroid dienone is 8. The Morgan fingerprint density at radius 3 is 1.08 bits per heavy atom. The van der Waals surface area contributed by atoms with Gasteiger partial charge in [0.05, 0.1) is 0 Å². The number of halogens is 2. The van der Waals surface area contributed by atoms with Crippen molar-refractivity contribution in [3.05, 3.63) is 47.6 Å². The molecule has 0 aromatic heterocycles. The Bertz CT molecular complexity index is 382. The molecule has 0 aromatic rings. The molecule has 0 unspecified atom stereocenters. The molecule has 0 heterocycles. The van der Waals surface area contributed by atoms with E-state index >= 15 is 0 Å². The minimum atomic E-state index is 0. The molecule has 0 amide bonds. The molecule has 0 aromatic carbocycles. The molecule has 0 fully saturated rings. The fourth-order valence-electron chi connectivity index (χ4n) is 1.84. The van der Waals surface area contributed by atoms with E-state index in [4.69, 9.17) is 0 Å². The van der Waals surface area contributed by atoms with Gasteiger partial charge in [-0.15, -0.1) is 12.8 Å². The van der Waals surface area contributed by atoms with Crippen LogP contribution in [0.1, 0.15) is 54.4 Å². The van der Waals surface area contributed by atoms with Crippen LogP contribution in [0.3, 0.4) is 0 Å². The minimum absolute atomic E-state index is 0. The maximum absolute atomic E-state index is 3.16. The summed E-state index contributed by atoms with van der Waals surface area (Å²) in [5, 5.41) is 0. The van der Waals surface area contributed by atoms with Crippen LogP contribution in [0.25, 0.3) is 0 Å². The Hall–Kier alpha value is 0.640. The maximum atomic E-state index is 3.16. The molecule has 0 atom stereocenters. The zero-order valence-electron chi connectivity index (χ0n) is 16.6. The van der Waals surface area contributed by atoms with E-state index in [9.17, 15) is 0 Å². The van der Waals surface area contributed by atoms with Crippen LogP contribution in [-0.4, -0.2) is 9.52 Å². The van der Waals surface area contributed by atoms with Crippen molar-refractivity contribution in [3.63, 3.8) is 0 Å². The van der Waals surface area contributed by atoms with Crippen molar-refractivity contribution >= 4 is 9.52 Å². The second-order valence-corrected chi connectivity index (χ2v) is 8.66. The summed E-state index contributed by atoms with van der Waals surface area (Å²) in [7, 11) is 0.750. The molecule has 0 aliphatic heterocycles. The Morgan fingerprint density at radius 2 is 1.00 bits per heavy atom. The van der Waals surface area contributed by atoms with E-state index in [0.717, 1.165) is 22.4 Å². The predicted octanol–water partition coefficient (Wildman–Crippen LogP) is -0.0314. The van der Waals surface area contributed by atoms with Gasteiger partial charge in [-0.1, -0.05) is 65.5 Å². The van der Waals surface area contributed by atoms with Gasteiger partial charge in [0.15, 0.2) is 0 Å². The second-order valence-electron chi connectivity index (χ2n) is 7.50. The molecule has 4 heteroatoms. The van der Waals surface area contributed by atoms with Crippen LogP contribution >= 0.6 is 0 Å². The predicted molar refractivity (Wildman–Crippen MR) is 98.8 cm³/mol. The van der Waals surface area contributed by atoms with Crippen molar-refractivity contribution in [3.8, 4) is 0 Å². The molecule has 0 saturated carbocycles. The largest absolute Gasteiger partial charge is 4.00 e. The maximum Gasteiger partial charge on any atom is 4.00 e. The molecule has 0 bridgehead atoms. The molecule has 0 spiro atoms. The molecule has 2 aliphatic rings. The van der Waals surface area contributed by atoms with Crippen molar-refractivity contribution < 1.29 is 51.0 Å². The van der Waals surface area contributed by atoms with E-state index in [-0.39, 0.29) is 51.0 Å². The fourth-order valence-corrected chi connectivity index (χ4v) is 1.84. The van der Waals surface area contributed by atoms with Crippen molar-refractivity contribution in [1.29, 1.82) is 0 Å². The van der Waals surface area contributed by atoms with Gasteiger partial charge in [0.1, 0.15) is 0 Å². The van der Waals surface area contributed by atoms with Crippen LogP contribution in [0.4, 0.5) is 0 Å². The Kier molecular flexibility index (Phi) is 21.4. The van der Waals surface area contributed by atoms with Gasteiger partial charge >= 0.3 is 26.2 Å². The Labute approximate surface area is 185 Å². The molecular formula is C20H33Cl2SiZr. The summed E-state index contributed by atoms with van der Waals surface area (Å²) in [5.41, 5.74) is 3.48.